The van der Waals surface area contributed by atoms with Gasteiger partial charge in [-0.25, -0.2) is 13.4 Å². The van der Waals surface area contributed by atoms with Crippen molar-refractivity contribution in [3.63, 3.8) is 0 Å². The van der Waals surface area contributed by atoms with Crippen molar-refractivity contribution in [3.8, 4) is 11.8 Å². The van der Waals surface area contributed by atoms with Gasteiger partial charge in [-0.2, -0.15) is 5.26 Å². The van der Waals surface area contributed by atoms with Crippen LogP contribution in [0.2, 0.25) is 0 Å². The highest BCUT2D eigenvalue weighted by Gasteiger charge is 2.16. The first-order chi connectivity index (χ1) is 15.5. The van der Waals surface area contributed by atoms with E-state index in [9.17, 15) is 13.2 Å². The molecule has 0 saturated carbocycles. The van der Waals surface area contributed by atoms with Crippen LogP contribution in [0.4, 0.5) is 0 Å². The van der Waals surface area contributed by atoms with Crippen molar-refractivity contribution >= 4 is 32.5 Å². The van der Waals surface area contributed by atoms with E-state index in [1.54, 1.807) is 72.8 Å². The third-order valence-electron chi connectivity index (χ3n) is 4.89. The smallest absolute Gasteiger partial charge is 0.266 e. The van der Waals surface area contributed by atoms with Crippen LogP contribution in [0.3, 0.4) is 0 Å². The van der Waals surface area contributed by atoms with Crippen LogP contribution in [0.5, 0.6) is 0 Å². The summed E-state index contributed by atoms with van der Waals surface area (Å²) in [7, 11) is -3.36. The highest BCUT2D eigenvalue weighted by Crippen LogP contribution is 2.23. The Labute approximate surface area is 190 Å². The molecule has 8 heteroatoms. The fourth-order valence-corrected chi connectivity index (χ4v) is 5.75. The predicted octanol–water partition coefficient (Wildman–Crippen LogP) is 4.21. The van der Waals surface area contributed by atoms with Crippen LogP contribution in [-0.2, 0) is 9.84 Å². The molecule has 0 saturated heterocycles. The van der Waals surface area contributed by atoms with Crippen LogP contribution in [0.1, 0.15) is 12.0 Å². The highest BCUT2D eigenvalue weighted by atomic mass is 32.2. The van der Waals surface area contributed by atoms with E-state index in [-0.39, 0.29) is 11.3 Å². The van der Waals surface area contributed by atoms with E-state index < -0.39 is 9.84 Å². The number of hydrogen-bond acceptors (Lipinski definition) is 6. The summed E-state index contributed by atoms with van der Waals surface area (Å²) in [5, 5.41) is 10.0. The number of para-hydroxylation sites is 1. The zero-order valence-electron chi connectivity index (χ0n) is 17.0. The lowest BCUT2D eigenvalue weighted by molar-refractivity contribution is 0.595. The largest absolute Gasteiger partial charge is 0.268 e. The number of hydrogen-bond donors (Lipinski definition) is 0. The Morgan fingerprint density at radius 3 is 2.34 bits per heavy atom. The fraction of sp³-hybridized carbons (Fsp3) is 0.125. The minimum Gasteiger partial charge on any atom is -0.268 e. The number of rotatable bonds is 7. The lowest BCUT2D eigenvalue weighted by atomic mass is 10.2. The van der Waals surface area contributed by atoms with Gasteiger partial charge in [-0.15, -0.1) is 0 Å². The maximum Gasteiger partial charge on any atom is 0.266 e. The average Bonchev–Trinajstić information content (AvgIpc) is 2.83. The first-order valence-electron chi connectivity index (χ1n) is 9.92. The molecule has 0 unspecified atom stereocenters. The molecular formula is C24H19N3O3S2. The summed E-state index contributed by atoms with van der Waals surface area (Å²) < 4.78 is 26.5. The van der Waals surface area contributed by atoms with Crippen molar-refractivity contribution < 1.29 is 8.42 Å². The zero-order chi connectivity index (χ0) is 22.6. The van der Waals surface area contributed by atoms with Crippen molar-refractivity contribution in [2.45, 2.75) is 16.5 Å². The molecule has 1 aromatic heterocycles. The number of thioether (sulfide) groups is 1. The number of aromatic nitrogens is 2. The molecule has 4 aromatic rings. The Morgan fingerprint density at radius 1 is 0.938 bits per heavy atom. The summed E-state index contributed by atoms with van der Waals surface area (Å²) in [5.41, 5.74) is 1.48. The van der Waals surface area contributed by atoms with Gasteiger partial charge in [0.25, 0.3) is 5.56 Å². The Kier molecular flexibility index (Phi) is 6.40. The van der Waals surface area contributed by atoms with Crippen LogP contribution in [0.25, 0.3) is 16.6 Å². The number of nitriles is 1. The summed E-state index contributed by atoms with van der Waals surface area (Å²) in [6.45, 7) is 0. The number of sulfone groups is 1. The van der Waals surface area contributed by atoms with Gasteiger partial charge in [-0.3, -0.25) is 9.36 Å². The van der Waals surface area contributed by atoms with Crippen LogP contribution < -0.4 is 5.56 Å². The van der Waals surface area contributed by atoms with E-state index >= 15 is 0 Å². The van der Waals surface area contributed by atoms with Crippen molar-refractivity contribution in [2.75, 3.05) is 11.5 Å². The van der Waals surface area contributed by atoms with Crippen LogP contribution >= 0.6 is 11.8 Å². The Morgan fingerprint density at radius 2 is 1.62 bits per heavy atom. The van der Waals surface area contributed by atoms with Crippen molar-refractivity contribution in [2.24, 2.45) is 0 Å². The van der Waals surface area contributed by atoms with Gasteiger partial charge >= 0.3 is 0 Å². The number of nitrogens with zero attached hydrogens (tertiary/aromatic N) is 3. The van der Waals surface area contributed by atoms with Crippen molar-refractivity contribution in [3.05, 3.63) is 94.8 Å². The molecule has 32 heavy (non-hydrogen) atoms. The Bertz CT molecular complexity index is 1460. The topological polar surface area (TPSA) is 92.8 Å². The third-order valence-corrected chi connectivity index (χ3v) is 7.73. The molecule has 6 nitrogen and oxygen atoms in total. The first-order valence-corrected chi connectivity index (χ1v) is 12.6. The molecule has 0 aliphatic carbocycles. The summed E-state index contributed by atoms with van der Waals surface area (Å²) in [6.07, 6.45) is 0.415. The molecule has 0 N–H and O–H groups in total. The van der Waals surface area contributed by atoms with Gasteiger partial charge in [-0.1, -0.05) is 42.1 Å². The molecule has 0 spiro atoms. The minimum atomic E-state index is -3.36. The van der Waals surface area contributed by atoms with Gasteiger partial charge in [-0.05, 0) is 55.0 Å². The molecule has 0 bridgehead atoms. The molecule has 0 aliphatic heterocycles. The van der Waals surface area contributed by atoms with Crippen molar-refractivity contribution in [1.29, 1.82) is 5.26 Å². The maximum absolute atomic E-state index is 13.2. The van der Waals surface area contributed by atoms with E-state index in [1.165, 1.54) is 16.3 Å². The molecule has 0 fully saturated rings. The predicted molar refractivity (Wildman–Crippen MR) is 126 cm³/mol. The molecular weight excluding hydrogens is 442 g/mol. The lowest BCUT2D eigenvalue weighted by Gasteiger charge is -2.13. The van der Waals surface area contributed by atoms with E-state index in [2.05, 4.69) is 11.1 Å². The average molecular weight is 462 g/mol. The first kappa shape index (κ1) is 21.8. The van der Waals surface area contributed by atoms with E-state index in [0.717, 1.165) is 0 Å². The van der Waals surface area contributed by atoms with Gasteiger partial charge < -0.3 is 0 Å². The summed E-state index contributed by atoms with van der Waals surface area (Å²) in [4.78, 5) is 18.2. The normalized spacial score (nSPS) is 11.3. The molecule has 0 atom stereocenters. The summed E-state index contributed by atoms with van der Waals surface area (Å²) >= 11 is 1.34. The molecule has 3 aromatic carbocycles. The fourth-order valence-electron chi connectivity index (χ4n) is 3.28. The minimum absolute atomic E-state index is 0.0126. The lowest BCUT2D eigenvalue weighted by Crippen LogP contribution is -2.22. The van der Waals surface area contributed by atoms with Crippen LogP contribution in [0, 0.1) is 11.3 Å². The Hall–Kier alpha value is -3.41. The zero-order valence-corrected chi connectivity index (χ0v) is 18.6. The van der Waals surface area contributed by atoms with Crippen LogP contribution in [-0.4, -0.2) is 29.5 Å². The summed E-state index contributed by atoms with van der Waals surface area (Å²) in [5.74, 6) is 0.492. The second-order valence-electron chi connectivity index (χ2n) is 7.04. The second kappa shape index (κ2) is 9.39. The SMILES string of the molecule is N#Cc1ccc(-n2c(SCCCS(=O)(=O)c3ccccc3)nc3ccccc3c2=O)cc1. The van der Waals surface area contributed by atoms with E-state index in [0.29, 0.717) is 44.4 Å². The monoisotopic (exact) mass is 461 g/mol. The molecule has 0 aliphatic rings. The van der Waals surface area contributed by atoms with E-state index in [4.69, 9.17) is 5.26 Å². The molecule has 0 radical (unpaired) electrons. The maximum atomic E-state index is 13.2. The van der Waals surface area contributed by atoms with Gasteiger partial charge in [0.1, 0.15) is 0 Å². The van der Waals surface area contributed by atoms with Gasteiger partial charge in [0.2, 0.25) is 0 Å². The number of fused-ring (bicyclic) bond motifs is 1. The molecule has 160 valence electrons. The number of benzene rings is 3. The molecule has 4 rings (SSSR count). The van der Waals surface area contributed by atoms with E-state index in [1.807, 2.05) is 6.07 Å². The Balaban J connectivity index is 1.61. The van der Waals surface area contributed by atoms with Gasteiger partial charge in [0.15, 0.2) is 15.0 Å². The third kappa shape index (κ3) is 4.59. The summed E-state index contributed by atoms with van der Waals surface area (Å²) in [6, 6.07) is 24.3. The molecule has 1 heterocycles. The van der Waals surface area contributed by atoms with Gasteiger partial charge in [0, 0.05) is 5.75 Å². The standard InChI is InChI=1S/C24H19N3O3S2/c25-17-18-11-13-19(14-12-18)27-23(28)21-9-4-5-10-22(21)26-24(27)31-15-6-16-32(29,30)20-7-2-1-3-8-20/h1-5,7-14H,6,15-16H2. The van der Waals surface area contributed by atoms with Crippen LogP contribution in [0.15, 0.2) is 93.7 Å². The quantitative estimate of drug-likeness (QED) is 0.232. The second-order valence-corrected chi connectivity index (χ2v) is 10.2. The van der Waals surface area contributed by atoms with Crippen molar-refractivity contribution in [1.82, 2.24) is 9.55 Å². The highest BCUT2D eigenvalue weighted by molar-refractivity contribution is 7.99. The molecule has 0 amide bonds. The van der Waals surface area contributed by atoms with Gasteiger partial charge in [0.05, 0.1) is 38.9 Å².